The van der Waals surface area contributed by atoms with E-state index in [-0.39, 0.29) is 17.4 Å². The average Bonchev–Trinajstić information content (AvgIpc) is 2.27. The molecule has 0 amide bonds. The van der Waals surface area contributed by atoms with Crippen molar-refractivity contribution in [2.75, 3.05) is 0 Å². The number of rotatable bonds is 4. The van der Waals surface area contributed by atoms with Crippen LogP contribution in [0.5, 0.6) is 0 Å². The third-order valence-electron chi connectivity index (χ3n) is 2.93. The number of benzene rings is 1. The molecule has 1 aromatic carbocycles. The zero-order valence-corrected chi connectivity index (χ0v) is 13.9. The van der Waals surface area contributed by atoms with Crippen LogP contribution in [0.4, 0.5) is 0 Å². The van der Waals surface area contributed by atoms with Gasteiger partial charge in [-0.3, -0.25) is 0 Å². The van der Waals surface area contributed by atoms with Crippen LogP contribution in [0, 0.1) is 16.7 Å². The van der Waals surface area contributed by atoms with Crippen LogP contribution in [0.3, 0.4) is 0 Å². The molecule has 0 fully saturated rings. The van der Waals surface area contributed by atoms with E-state index in [4.69, 9.17) is 4.43 Å². The van der Waals surface area contributed by atoms with Crippen LogP contribution in [0.1, 0.15) is 32.3 Å². The fourth-order valence-electron chi connectivity index (χ4n) is 2.10. The van der Waals surface area contributed by atoms with Crippen molar-refractivity contribution in [3.8, 4) is 6.07 Å². The Morgan fingerprint density at radius 1 is 1.11 bits per heavy atom. The van der Waals surface area contributed by atoms with Gasteiger partial charge in [0.25, 0.3) is 0 Å². The highest BCUT2D eigenvalue weighted by atomic mass is 28.4. The van der Waals surface area contributed by atoms with E-state index in [0.717, 1.165) is 5.56 Å². The molecule has 0 bridgehead atoms. The largest absolute Gasteiger partial charge is 0.413 e. The predicted octanol–water partition coefficient (Wildman–Crippen LogP) is 4.56. The Labute approximate surface area is 118 Å². The lowest BCUT2D eigenvalue weighted by molar-refractivity contribution is 0.0692. The minimum absolute atomic E-state index is 0.0590. The molecule has 0 saturated carbocycles. The molecular weight excluding hydrogens is 250 g/mol. The van der Waals surface area contributed by atoms with Crippen molar-refractivity contribution in [1.29, 1.82) is 5.26 Å². The van der Waals surface area contributed by atoms with E-state index in [2.05, 4.69) is 46.5 Å². The highest BCUT2D eigenvalue weighted by Gasteiger charge is 2.37. The maximum absolute atomic E-state index is 9.60. The van der Waals surface area contributed by atoms with Crippen molar-refractivity contribution < 1.29 is 4.43 Å². The van der Waals surface area contributed by atoms with E-state index in [0.29, 0.717) is 0 Å². The van der Waals surface area contributed by atoms with E-state index >= 15 is 0 Å². The number of nitriles is 1. The molecule has 0 N–H and O–H groups in total. The lowest BCUT2D eigenvalue weighted by atomic mass is 9.79. The summed E-state index contributed by atoms with van der Waals surface area (Å²) in [4.78, 5) is 0. The SMILES string of the molecule is CC(C)(C)C(O[Si](C)(C)C)C(C#N)c1ccccc1. The first-order valence-electron chi connectivity index (χ1n) is 6.77. The zero-order valence-electron chi connectivity index (χ0n) is 12.9. The molecule has 0 aromatic heterocycles. The minimum atomic E-state index is -1.69. The van der Waals surface area contributed by atoms with E-state index < -0.39 is 8.32 Å². The fraction of sp³-hybridized carbons (Fsp3) is 0.562. The van der Waals surface area contributed by atoms with Gasteiger partial charge < -0.3 is 4.43 Å². The van der Waals surface area contributed by atoms with E-state index in [1.165, 1.54) is 0 Å². The van der Waals surface area contributed by atoms with E-state index in [9.17, 15) is 5.26 Å². The molecule has 19 heavy (non-hydrogen) atoms. The van der Waals surface area contributed by atoms with Crippen molar-refractivity contribution in [3.05, 3.63) is 35.9 Å². The second kappa shape index (κ2) is 5.90. The van der Waals surface area contributed by atoms with E-state index in [1.54, 1.807) is 0 Å². The van der Waals surface area contributed by atoms with Gasteiger partial charge in [-0.05, 0) is 30.6 Å². The molecule has 0 radical (unpaired) electrons. The minimum Gasteiger partial charge on any atom is -0.413 e. The zero-order chi connectivity index (χ0) is 14.7. The number of hydrogen-bond acceptors (Lipinski definition) is 2. The van der Waals surface area contributed by atoms with Gasteiger partial charge in [-0.2, -0.15) is 5.26 Å². The van der Waals surface area contributed by atoms with Crippen molar-refractivity contribution in [2.45, 2.75) is 52.4 Å². The summed E-state index contributed by atoms with van der Waals surface area (Å²) in [5.41, 5.74) is 0.986. The molecule has 3 heteroatoms. The van der Waals surface area contributed by atoms with Gasteiger partial charge in [0, 0.05) is 0 Å². The molecule has 1 aromatic rings. The van der Waals surface area contributed by atoms with Gasteiger partial charge in [0.15, 0.2) is 8.32 Å². The summed E-state index contributed by atoms with van der Waals surface area (Å²) >= 11 is 0. The van der Waals surface area contributed by atoms with Gasteiger partial charge in [0.1, 0.15) is 0 Å². The lowest BCUT2D eigenvalue weighted by Crippen LogP contribution is -2.42. The number of nitrogens with zero attached hydrogens (tertiary/aromatic N) is 1. The predicted molar refractivity (Wildman–Crippen MR) is 82.5 cm³/mol. The number of hydrogen-bond donors (Lipinski definition) is 0. The third kappa shape index (κ3) is 4.81. The monoisotopic (exact) mass is 275 g/mol. The summed E-state index contributed by atoms with van der Waals surface area (Å²) in [6.45, 7) is 12.9. The smallest absolute Gasteiger partial charge is 0.184 e. The Morgan fingerprint density at radius 3 is 2.00 bits per heavy atom. The highest BCUT2D eigenvalue weighted by molar-refractivity contribution is 6.69. The van der Waals surface area contributed by atoms with Crippen LogP contribution in [-0.4, -0.2) is 14.4 Å². The standard InChI is InChI=1S/C16H25NOSi/c1-16(2,3)15(18-19(4,5)6)14(12-17)13-10-8-7-9-11-13/h7-11,14-15H,1-6H3. The molecule has 0 aliphatic heterocycles. The molecule has 2 nitrogen and oxygen atoms in total. The Morgan fingerprint density at radius 2 is 1.63 bits per heavy atom. The highest BCUT2D eigenvalue weighted by Crippen LogP contribution is 2.35. The molecule has 0 spiro atoms. The van der Waals surface area contributed by atoms with Crippen molar-refractivity contribution in [2.24, 2.45) is 5.41 Å². The van der Waals surface area contributed by atoms with Crippen LogP contribution in [-0.2, 0) is 4.43 Å². The van der Waals surface area contributed by atoms with Crippen molar-refractivity contribution >= 4 is 8.32 Å². The molecule has 0 aliphatic rings. The second-order valence-corrected chi connectivity index (χ2v) is 11.5. The summed E-state index contributed by atoms with van der Waals surface area (Å²) in [6, 6.07) is 12.4. The molecule has 2 unspecified atom stereocenters. The maximum atomic E-state index is 9.60. The average molecular weight is 275 g/mol. The van der Waals surface area contributed by atoms with Crippen LogP contribution in [0.2, 0.25) is 19.6 Å². The van der Waals surface area contributed by atoms with Crippen LogP contribution >= 0.6 is 0 Å². The molecule has 0 aliphatic carbocycles. The molecule has 0 heterocycles. The molecule has 1 rings (SSSR count). The maximum Gasteiger partial charge on any atom is 0.184 e. The molecule has 0 saturated heterocycles. The quantitative estimate of drug-likeness (QED) is 0.755. The Bertz CT molecular complexity index is 437. The lowest BCUT2D eigenvalue weighted by Gasteiger charge is -2.38. The van der Waals surface area contributed by atoms with Crippen LogP contribution in [0.15, 0.2) is 30.3 Å². The van der Waals surface area contributed by atoms with Crippen LogP contribution < -0.4 is 0 Å². The first-order chi connectivity index (χ1) is 8.65. The van der Waals surface area contributed by atoms with Crippen molar-refractivity contribution in [3.63, 3.8) is 0 Å². The van der Waals surface area contributed by atoms with Gasteiger partial charge >= 0.3 is 0 Å². The Balaban J connectivity index is 3.13. The Hall–Kier alpha value is -1.11. The van der Waals surface area contributed by atoms with Crippen molar-refractivity contribution in [1.82, 2.24) is 0 Å². The van der Waals surface area contributed by atoms with E-state index in [1.807, 2.05) is 30.3 Å². The molecular formula is C16H25NOSi. The fourth-order valence-corrected chi connectivity index (χ4v) is 3.35. The first-order valence-corrected chi connectivity index (χ1v) is 10.2. The Kier molecular flexibility index (Phi) is 4.95. The van der Waals surface area contributed by atoms with Gasteiger partial charge in [0.05, 0.1) is 18.1 Å². The molecule has 104 valence electrons. The topological polar surface area (TPSA) is 33.0 Å². The molecule has 2 atom stereocenters. The van der Waals surface area contributed by atoms with Gasteiger partial charge in [-0.15, -0.1) is 0 Å². The van der Waals surface area contributed by atoms with Gasteiger partial charge in [-0.25, -0.2) is 0 Å². The summed E-state index contributed by atoms with van der Waals surface area (Å²) in [5.74, 6) is -0.215. The summed E-state index contributed by atoms with van der Waals surface area (Å²) < 4.78 is 6.33. The van der Waals surface area contributed by atoms with Gasteiger partial charge in [0.2, 0.25) is 0 Å². The normalized spacial score (nSPS) is 15.6. The third-order valence-corrected chi connectivity index (χ3v) is 3.90. The summed E-state index contributed by atoms with van der Waals surface area (Å²) in [6.07, 6.45) is -0.0773. The second-order valence-electron chi connectivity index (χ2n) is 7.03. The summed E-state index contributed by atoms with van der Waals surface area (Å²) in [7, 11) is -1.69. The van der Waals surface area contributed by atoms with Gasteiger partial charge in [-0.1, -0.05) is 51.1 Å². The first kappa shape index (κ1) is 15.9. The van der Waals surface area contributed by atoms with Crippen LogP contribution in [0.25, 0.3) is 0 Å². The summed E-state index contributed by atoms with van der Waals surface area (Å²) in [5, 5.41) is 9.60.